The lowest BCUT2D eigenvalue weighted by atomic mass is 10.0. The summed E-state index contributed by atoms with van der Waals surface area (Å²) in [6.45, 7) is 1.50. The molecule has 2 N–H and O–H groups in total. The molecular weight excluding hydrogens is 356 g/mol. The van der Waals surface area contributed by atoms with Crippen LogP contribution in [0.3, 0.4) is 0 Å². The minimum absolute atomic E-state index is 0.0472. The van der Waals surface area contributed by atoms with Gasteiger partial charge >= 0.3 is 0 Å². The maximum atomic E-state index is 12.2. The molecule has 132 valence electrons. The molecule has 8 heteroatoms. The fourth-order valence-corrected chi connectivity index (χ4v) is 3.88. The largest absolute Gasteiger partial charge is 0.357 e. The highest BCUT2D eigenvalue weighted by Crippen LogP contribution is 2.30. The Morgan fingerprint density at radius 2 is 2.04 bits per heavy atom. The van der Waals surface area contributed by atoms with E-state index in [-0.39, 0.29) is 17.4 Å². The molecule has 6 nitrogen and oxygen atoms in total. The van der Waals surface area contributed by atoms with E-state index in [1.54, 1.807) is 0 Å². The van der Waals surface area contributed by atoms with Crippen molar-refractivity contribution in [1.29, 1.82) is 0 Å². The van der Waals surface area contributed by atoms with E-state index < -0.39 is 6.04 Å². The van der Waals surface area contributed by atoms with Crippen LogP contribution in [0.1, 0.15) is 25.3 Å². The molecule has 0 aliphatic heterocycles. The third-order valence-electron chi connectivity index (χ3n) is 3.75. The summed E-state index contributed by atoms with van der Waals surface area (Å²) in [7, 11) is 0. The van der Waals surface area contributed by atoms with Gasteiger partial charge in [-0.1, -0.05) is 53.4 Å². The van der Waals surface area contributed by atoms with E-state index in [2.05, 4.69) is 20.8 Å². The number of amides is 1. The Labute approximate surface area is 154 Å². The van der Waals surface area contributed by atoms with Gasteiger partial charge in [-0.3, -0.25) is 9.59 Å². The van der Waals surface area contributed by atoms with Crippen molar-refractivity contribution in [3.8, 4) is 0 Å². The lowest BCUT2D eigenvalue weighted by Gasteiger charge is -2.15. The van der Waals surface area contributed by atoms with E-state index >= 15 is 0 Å². The Bertz CT molecular complexity index is 731. The Hall–Kier alpha value is -1.93. The van der Waals surface area contributed by atoms with Gasteiger partial charge < -0.3 is 10.6 Å². The first-order valence-corrected chi connectivity index (χ1v) is 9.97. The summed E-state index contributed by atoms with van der Waals surface area (Å²) < 4.78 is 0.751. The number of nitrogens with zero attached hydrogens (tertiary/aromatic N) is 2. The highest BCUT2D eigenvalue weighted by molar-refractivity contribution is 8.01. The van der Waals surface area contributed by atoms with Crippen LogP contribution in [0.15, 0.2) is 34.7 Å². The van der Waals surface area contributed by atoms with Crippen molar-refractivity contribution in [3.63, 3.8) is 0 Å². The molecule has 25 heavy (non-hydrogen) atoms. The molecule has 1 heterocycles. The Balaban J connectivity index is 1.47. The summed E-state index contributed by atoms with van der Waals surface area (Å²) in [5, 5.41) is 15.0. The predicted octanol–water partition coefficient (Wildman–Crippen LogP) is 2.52. The number of Topliss-reactive ketones (excluding diaryl/α,β-unsaturated/α-hetero) is 1. The molecule has 3 rings (SSSR count). The van der Waals surface area contributed by atoms with Crippen LogP contribution >= 0.6 is 23.1 Å². The molecule has 0 bridgehead atoms. The number of carbonyl (C=O) groups excluding carboxylic acids is 2. The van der Waals surface area contributed by atoms with E-state index in [9.17, 15) is 9.59 Å². The number of rotatable bonds is 9. The molecule has 2 aromatic rings. The summed E-state index contributed by atoms with van der Waals surface area (Å²) in [6.07, 6.45) is 2.86. The molecule has 0 saturated heterocycles. The second-order valence-corrected chi connectivity index (χ2v) is 8.20. The van der Waals surface area contributed by atoms with Crippen LogP contribution in [0.5, 0.6) is 0 Å². The second-order valence-electron chi connectivity index (χ2n) is 6.00. The van der Waals surface area contributed by atoms with Crippen LogP contribution in [0.4, 0.5) is 5.13 Å². The standard InChI is InChI=1S/C17H20N4O2S2/c1-11(22)14(9-12-5-3-2-4-6-12)19-15(23)10-24-17-21-20-16(25-17)18-13-7-8-13/h2-6,13-14H,7-10H2,1H3,(H,18,20)(H,19,23)/t14-/m0/s1. The van der Waals surface area contributed by atoms with Crippen LogP contribution in [0.2, 0.25) is 0 Å². The number of benzene rings is 1. The first-order chi connectivity index (χ1) is 12.1. The monoisotopic (exact) mass is 376 g/mol. The average Bonchev–Trinajstić information content (AvgIpc) is 3.29. The highest BCUT2D eigenvalue weighted by atomic mass is 32.2. The SMILES string of the molecule is CC(=O)[C@H](Cc1ccccc1)NC(=O)CSc1nnc(NC2CC2)s1. The molecule has 1 aromatic carbocycles. The maximum absolute atomic E-state index is 12.2. The number of ketones is 1. The number of hydrogen-bond donors (Lipinski definition) is 2. The molecule has 1 aromatic heterocycles. The zero-order valence-electron chi connectivity index (χ0n) is 13.9. The van der Waals surface area contributed by atoms with Gasteiger partial charge in [-0.25, -0.2) is 0 Å². The fraction of sp³-hybridized carbons (Fsp3) is 0.412. The molecule has 0 radical (unpaired) electrons. The number of anilines is 1. The Kier molecular flexibility index (Phi) is 6.04. The lowest BCUT2D eigenvalue weighted by molar-refractivity contribution is -0.125. The van der Waals surface area contributed by atoms with E-state index in [4.69, 9.17) is 0 Å². The molecule has 0 unspecified atom stereocenters. The third kappa shape index (κ3) is 5.82. The van der Waals surface area contributed by atoms with Crippen molar-refractivity contribution in [3.05, 3.63) is 35.9 Å². The van der Waals surface area contributed by atoms with Crippen LogP contribution in [-0.4, -0.2) is 39.7 Å². The molecule has 1 aliphatic carbocycles. The zero-order chi connectivity index (χ0) is 17.6. The topological polar surface area (TPSA) is 84.0 Å². The highest BCUT2D eigenvalue weighted by Gasteiger charge is 2.23. The summed E-state index contributed by atoms with van der Waals surface area (Å²) >= 11 is 2.79. The van der Waals surface area contributed by atoms with E-state index in [1.165, 1.54) is 42.9 Å². The first kappa shape index (κ1) is 17.9. The van der Waals surface area contributed by atoms with Gasteiger partial charge in [0.05, 0.1) is 11.8 Å². The average molecular weight is 377 g/mol. The lowest BCUT2D eigenvalue weighted by Crippen LogP contribution is -2.42. The summed E-state index contributed by atoms with van der Waals surface area (Å²) in [5.74, 6) is -0.00142. The molecule has 1 atom stereocenters. The zero-order valence-corrected chi connectivity index (χ0v) is 15.5. The van der Waals surface area contributed by atoms with Gasteiger partial charge in [0.25, 0.3) is 0 Å². The van der Waals surface area contributed by atoms with Crippen LogP contribution in [0.25, 0.3) is 0 Å². The molecule has 1 aliphatic rings. The molecule has 1 amide bonds. The minimum Gasteiger partial charge on any atom is -0.357 e. The number of hydrogen-bond acceptors (Lipinski definition) is 7. The van der Waals surface area contributed by atoms with Crippen LogP contribution in [0, 0.1) is 0 Å². The van der Waals surface area contributed by atoms with Crippen LogP contribution < -0.4 is 10.6 Å². The van der Waals surface area contributed by atoms with Gasteiger partial charge in [0.15, 0.2) is 10.1 Å². The van der Waals surface area contributed by atoms with Gasteiger partial charge in [0.1, 0.15) is 0 Å². The van der Waals surface area contributed by atoms with Gasteiger partial charge in [0.2, 0.25) is 11.0 Å². The van der Waals surface area contributed by atoms with Crippen molar-refractivity contribution in [2.45, 2.75) is 42.6 Å². The molecule has 1 fully saturated rings. The quantitative estimate of drug-likeness (QED) is 0.654. The number of carbonyl (C=O) groups is 2. The first-order valence-electron chi connectivity index (χ1n) is 8.17. The van der Waals surface area contributed by atoms with Gasteiger partial charge in [-0.15, -0.1) is 10.2 Å². The minimum atomic E-state index is -0.503. The summed E-state index contributed by atoms with van der Waals surface area (Å²) in [5.41, 5.74) is 1.02. The fourth-order valence-electron chi connectivity index (χ4n) is 2.24. The molecular formula is C17H20N4O2S2. The van der Waals surface area contributed by atoms with E-state index in [0.29, 0.717) is 12.5 Å². The number of nitrogens with one attached hydrogen (secondary N) is 2. The number of thioether (sulfide) groups is 1. The van der Waals surface area contributed by atoms with E-state index in [1.807, 2.05) is 30.3 Å². The van der Waals surface area contributed by atoms with E-state index in [0.717, 1.165) is 15.0 Å². The third-order valence-corrected chi connectivity index (χ3v) is 5.73. The molecule has 0 spiro atoms. The molecule has 1 saturated carbocycles. The smallest absolute Gasteiger partial charge is 0.231 e. The second kappa shape index (κ2) is 8.44. The van der Waals surface area contributed by atoms with Gasteiger partial charge in [-0.05, 0) is 31.7 Å². The maximum Gasteiger partial charge on any atom is 0.231 e. The van der Waals surface area contributed by atoms with Gasteiger partial charge in [0, 0.05) is 6.04 Å². The van der Waals surface area contributed by atoms with Crippen molar-refractivity contribution in [2.75, 3.05) is 11.1 Å². The normalized spacial score (nSPS) is 14.8. The number of aromatic nitrogens is 2. The van der Waals surface area contributed by atoms with Gasteiger partial charge in [-0.2, -0.15) is 0 Å². The Morgan fingerprint density at radius 3 is 2.72 bits per heavy atom. The van der Waals surface area contributed by atoms with Crippen molar-refractivity contribution in [1.82, 2.24) is 15.5 Å². The summed E-state index contributed by atoms with van der Waals surface area (Å²) in [6, 6.07) is 9.70. The Morgan fingerprint density at radius 1 is 1.28 bits per heavy atom. The summed E-state index contributed by atoms with van der Waals surface area (Å²) in [4.78, 5) is 24.0. The van der Waals surface area contributed by atoms with Crippen molar-refractivity contribution < 1.29 is 9.59 Å². The van der Waals surface area contributed by atoms with Crippen molar-refractivity contribution in [2.24, 2.45) is 0 Å². The predicted molar refractivity (Wildman–Crippen MR) is 100 cm³/mol. The van der Waals surface area contributed by atoms with Crippen LogP contribution in [-0.2, 0) is 16.0 Å². The van der Waals surface area contributed by atoms with Crippen molar-refractivity contribution >= 4 is 39.9 Å².